The molecule has 1 heterocycles. The molecule has 1 aromatic rings. The molecule has 0 amide bonds. The van der Waals surface area contributed by atoms with Gasteiger partial charge >= 0.3 is 0 Å². The van der Waals surface area contributed by atoms with E-state index < -0.39 is 0 Å². The molecular weight excluding hydrogens is 216 g/mol. The maximum Gasteiger partial charge on any atom is 0.177 e. The Labute approximate surface area is 99.6 Å². The lowest BCUT2D eigenvalue weighted by Crippen LogP contribution is -2.35. The van der Waals surface area contributed by atoms with Crippen LogP contribution < -0.4 is 0 Å². The van der Waals surface area contributed by atoms with E-state index >= 15 is 0 Å². The van der Waals surface area contributed by atoms with Gasteiger partial charge in [0.05, 0.1) is 11.6 Å². The molecule has 1 fully saturated rings. The molecule has 0 bridgehead atoms. The number of rotatable bonds is 1. The first kappa shape index (κ1) is 10.3. The van der Waals surface area contributed by atoms with E-state index in [1.54, 1.807) is 0 Å². The number of benzene rings is 1. The summed E-state index contributed by atoms with van der Waals surface area (Å²) < 4.78 is 0. The van der Waals surface area contributed by atoms with E-state index in [4.69, 9.17) is 10.0 Å². The van der Waals surface area contributed by atoms with Gasteiger partial charge in [-0.25, -0.2) is 0 Å². The summed E-state index contributed by atoms with van der Waals surface area (Å²) in [6, 6.07) is 10.0. The molecule has 0 spiro atoms. The highest BCUT2D eigenvalue weighted by molar-refractivity contribution is 6.07. The quantitative estimate of drug-likeness (QED) is 0.595. The summed E-state index contributed by atoms with van der Waals surface area (Å²) in [6.45, 7) is 0. The summed E-state index contributed by atoms with van der Waals surface area (Å²) >= 11 is 0. The van der Waals surface area contributed by atoms with Crippen LogP contribution in [0.5, 0.6) is 0 Å². The standard InChI is InChI=1S/C13H14N2O2/c16-14-11-8-4-7-10-12(15-17-13(10)11)9-5-2-1-3-6-9/h1-3,5-6,10,13,16H,4,7-8H2/t10?,13-/m1/s1. The summed E-state index contributed by atoms with van der Waals surface area (Å²) in [6.07, 6.45) is 2.70. The smallest absolute Gasteiger partial charge is 0.177 e. The monoisotopic (exact) mass is 230 g/mol. The van der Waals surface area contributed by atoms with Gasteiger partial charge in [0.1, 0.15) is 5.71 Å². The highest BCUT2D eigenvalue weighted by Crippen LogP contribution is 2.33. The topological polar surface area (TPSA) is 54.2 Å². The van der Waals surface area contributed by atoms with E-state index in [0.717, 1.165) is 36.2 Å². The fourth-order valence-corrected chi connectivity index (χ4v) is 2.61. The van der Waals surface area contributed by atoms with E-state index in [0.29, 0.717) is 0 Å². The molecule has 1 aliphatic heterocycles. The minimum absolute atomic E-state index is 0.163. The van der Waals surface area contributed by atoms with Gasteiger partial charge in [0, 0.05) is 0 Å². The van der Waals surface area contributed by atoms with Crippen LogP contribution in [0.2, 0.25) is 0 Å². The Morgan fingerprint density at radius 2 is 2.12 bits per heavy atom. The van der Waals surface area contributed by atoms with Crippen LogP contribution in [0.1, 0.15) is 24.8 Å². The van der Waals surface area contributed by atoms with Crippen LogP contribution in [-0.4, -0.2) is 22.7 Å². The maximum atomic E-state index is 8.95. The molecule has 2 aliphatic rings. The molecular formula is C13H14N2O2. The van der Waals surface area contributed by atoms with Gasteiger partial charge in [-0.1, -0.05) is 40.6 Å². The van der Waals surface area contributed by atoms with Gasteiger partial charge in [-0.2, -0.15) is 0 Å². The summed E-state index contributed by atoms with van der Waals surface area (Å²) in [5.41, 5.74) is 2.80. The lowest BCUT2D eigenvalue weighted by Gasteiger charge is -2.24. The Balaban J connectivity index is 1.90. The number of nitrogens with zero attached hydrogens (tertiary/aromatic N) is 2. The molecule has 4 nitrogen and oxygen atoms in total. The SMILES string of the molecule is ON=C1CCCC2C(c3ccccc3)=NO[C@@H]12. The summed E-state index contributed by atoms with van der Waals surface area (Å²) in [7, 11) is 0. The third-order valence-corrected chi connectivity index (χ3v) is 3.46. The molecule has 1 aliphatic carbocycles. The molecule has 0 saturated heterocycles. The summed E-state index contributed by atoms with van der Waals surface area (Å²) in [5.74, 6) is 0.233. The molecule has 0 aromatic heterocycles. The van der Waals surface area contributed by atoms with E-state index in [2.05, 4.69) is 10.3 Å². The number of hydrogen-bond acceptors (Lipinski definition) is 4. The van der Waals surface area contributed by atoms with Crippen molar-refractivity contribution in [1.29, 1.82) is 0 Å². The van der Waals surface area contributed by atoms with Gasteiger partial charge in [0.15, 0.2) is 6.10 Å². The van der Waals surface area contributed by atoms with Crippen molar-refractivity contribution in [2.45, 2.75) is 25.4 Å². The normalized spacial score (nSPS) is 29.6. The van der Waals surface area contributed by atoms with E-state index in [1.165, 1.54) is 0 Å². The zero-order valence-corrected chi connectivity index (χ0v) is 9.41. The Hall–Kier alpha value is -1.84. The molecule has 17 heavy (non-hydrogen) atoms. The fourth-order valence-electron chi connectivity index (χ4n) is 2.61. The van der Waals surface area contributed by atoms with Gasteiger partial charge in [-0.05, 0) is 24.8 Å². The van der Waals surface area contributed by atoms with Crippen molar-refractivity contribution in [3.63, 3.8) is 0 Å². The van der Waals surface area contributed by atoms with Crippen molar-refractivity contribution < 1.29 is 10.0 Å². The van der Waals surface area contributed by atoms with Crippen molar-refractivity contribution >= 4 is 11.4 Å². The first-order valence-corrected chi connectivity index (χ1v) is 5.90. The second kappa shape index (κ2) is 4.20. The number of oxime groups is 2. The summed E-state index contributed by atoms with van der Waals surface area (Å²) in [5, 5.41) is 16.5. The molecule has 1 unspecified atom stereocenters. The Morgan fingerprint density at radius 3 is 2.88 bits per heavy atom. The Morgan fingerprint density at radius 1 is 1.29 bits per heavy atom. The van der Waals surface area contributed by atoms with Gasteiger partial charge in [-0.15, -0.1) is 0 Å². The van der Waals surface area contributed by atoms with Crippen molar-refractivity contribution in [3.8, 4) is 0 Å². The molecule has 1 N–H and O–H groups in total. The highest BCUT2D eigenvalue weighted by Gasteiger charge is 2.40. The molecule has 88 valence electrons. The van der Waals surface area contributed by atoms with Crippen LogP contribution in [0.15, 0.2) is 40.6 Å². The van der Waals surface area contributed by atoms with Crippen LogP contribution in [0.3, 0.4) is 0 Å². The van der Waals surface area contributed by atoms with Crippen LogP contribution in [0.25, 0.3) is 0 Å². The van der Waals surface area contributed by atoms with Gasteiger partial charge < -0.3 is 10.0 Å². The van der Waals surface area contributed by atoms with Crippen LogP contribution in [0.4, 0.5) is 0 Å². The zero-order valence-electron chi connectivity index (χ0n) is 9.41. The van der Waals surface area contributed by atoms with Crippen LogP contribution in [0, 0.1) is 5.92 Å². The number of fused-ring (bicyclic) bond motifs is 1. The average molecular weight is 230 g/mol. The van der Waals surface area contributed by atoms with Crippen LogP contribution >= 0.6 is 0 Å². The zero-order chi connectivity index (χ0) is 11.7. The third-order valence-electron chi connectivity index (χ3n) is 3.46. The predicted octanol–water partition coefficient (Wildman–Crippen LogP) is 2.42. The summed E-state index contributed by atoms with van der Waals surface area (Å²) in [4.78, 5) is 5.42. The number of hydrogen-bond donors (Lipinski definition) is 1. The van der Waals surface area contributed by atoms with E-state index in [1.807, 2.05) is 30.3 Å². The van der Waals surface area contributed by atoms with Crippen molar-refractivity contribution in [3.05, 3.63) is 35.9 Å². The first-order valence-electron chi connectivity index (χ1n) is 5.90. The van der Waals surface area contributed by atoms with Gasteiger partial charge in [0.2, 0.25) is 0 Å². The van der Waals surface area contributed by atoms with Crippen molar-refractivity contribution in [2.24, 2.45) is 16.2 Å². The highest BCUT2D eigenvalue weighted by atomic mass is 16.6. The Kier molecular flexibility index (Phi) is 2.55. The van der Waals surface area contributed by atoms with Crippen LogP contribution in [-0.2, 0) is 4.84 Å². The average Bonchev–Trinajstić information content (AvgIpc) is 2.83. The molecule has 1 saturated carbocycles. The lowest BCUT2D eigenvalue weighted by atomic mass is 9.80. The van der Waals surface area contributed by atoms with E-state index in [-0.39, 0.29) is 12.0 Å². The van der Waals surface area contributed by atoms with Gasteiger partial charge in [0.25, 0.3) is 0 Å². The minimum Gasteiger partial charge on any atom is -0.411 e. The molecule has 1 aromatic carbocycles. The molecule has 3 rings (SSSR count). The van der Waals surface area contributed by atoms with Crippen molar-refractivity contribution in [1.82, 2.24) is 0 Å². The lowest BCUT2D eigenvalue weighted by molar-refractivity contribution is 0.0978. The molecule has 0 radical (unpaired) electrons. The van der Waals surface area contributed by atoms with E-state index in [9.17, 15) is 0 Å². The minimum atomic E-state index is -0.163. The predicted molar refractivity (Wildman–Crippen MR) is 64.4 cm³/mol. The Bertz CT molecular complexity index is 468. The third kappa shape index (κ3) is 1.69. The van der Waals surface area contributed by atoms with Crippen molar-refractivity contribution in [2.75, 3.05) is 0 Å². The first-order chi connectivity index (χ1) is 8.40. The maximum absolute atomic E-state index is 8.95. The fraction of sp³-hybridized carbons (Fsp3) is 0.385. The largest absolute Gasteiger partial charge is 0.411 e. The molecule has 2 atom stereocenters. The second-order valence-corrected chi connectivity index (χ2v) is 4.46. The van der Waals surface area contributed by atoms with Gasteiger partial charge in [-0.3, -0.25) is 0 Å². The second-order valence-electron chi connectivity index (χ2n) is 4.46. The molecule has 4 heteroatoms.